The molecular formula is C17H18O4. The van der Waals surface area contributed by atoms with Crippen LogP contribution >= 0.6 is 0 Å². The number of ether oxygens (including phenoxy) is 1. The number of benzene rings is 1. The minimum Gasteiger partial charge on any atom is -0.478 e. The van der Waals surface area contributed by atoms with Crippen molar-refractivity contribution in [1.82, 2.24) is 0 Å². The maximum atomic E-state index is 11.0. The second kappa shape index (κ2) is 12.2. The second-order valence-corrected chi connectivity index (χ2v) is 3.59. The van der Waals surface area contributed by atoms with Crippen LogP contribution in [0.4, 0.5) is 0 Å². The van der Waals surface area contributed by atoms with E-state index in [9.17, 15) is 9.59 Å². The maximum Gasteiger partial charge on any atom is 0.331 e. The van der Waals surface area contributed by atoms with Crippen molar-refractivity contribution in [2.45, 2.75) is 0 Å². The molecule has 0 amide bonds. The van der Waals surface area contributed by atoms with Crippen LogP contribution in [0.1, 0.15) is 5.56 Å². The van der Waals surface area contributed by atoms with E-state index in [-0.39, 0.29) is 12.6 Å². The van der Waals surface area contributed by atoms with Crippen molar-refractivity contribution in [1.29, 1.82) is 0 Å². The molecule has 0 unspecified atom stereocenters. The third kappa shape index (κ3) is 11.9. The number of hydrogen-bond acceptors (Lipinski definition) is 3. The highest BCUT2D eigenvalue weighted by molar-refractivity contribution is 5.82. The van der Waals surface area contributed by atoms with E-state index in [2.05, 4.69) is 13.2 Å². The van der Waals surface area contributed by atoms with Gasteiger partial charge >= 0.3 is 11.9 Å². The van der Waals surface area contributed by atoms with Crippen molar-refractivity contribution >= 4 is 18.0 Å². The maximum absolute atomic E-state index is 11.0. The fourth-order valence-electron chi connectivity index (χ4n) is 1.05. The van der Waals surface area contributed by atoms with Gasteiger partial charge in [-0.1, -0.05) is 67.8 Å². The van der Waals surface area contributed by atoms with E-state index >= 15 is 0 Å². The number of carbonyl (C=O) groups is 2. The number of hydrogen-bond donors (Lipinski definition) is 1. The Bertz CT molecular complexity index is 513. The van der Waals surface area contributed by atoms with Gasteiger partial charge in [-0.3, -0.25) is 0 Å². The van der Waals surface area contributed by atoms with Crippen molar-refractivity contribution in [3.63, 3.8) is 0 Å². The molecule has 1 aromatic carbocycles. The Morgan fingerprint density at radius 1 is 1.14 bits per heavy atom. The summed E-state index contributed by atoms with van der Waals surface area (Å²) in [6, 6.07) is 9.85. The first-order chi connectivity index (χ1) is 10.1. The van der Waals surface area contributed by atoms with Crippen LogP contribution < -0.4 is 0 Å². The molecule has 4 heteroatoms. The number of rotatable bonds is 6. The lowest BCUT2D eigenvalue weighted by Crippen LogP contribution is -1.99. The third-order valence-corrected chi connectivity index (χ3v) is 1.95. The van der Waals surface area contributed by atoms with E-state index in [1.54, 1.807) is 12.2 Å². The monoisotopic (exact) mass is 286 g/mol. The Labute approximate surface area is 124 Å². The molecule has 1 aromatic rings. The van der Waals surface area contributed by atoms with Gasteiger partial charge in [-0.2, -0.15) is 0 Å². The zero-order valence-corrected chi connectivity index (χ0v) is 11.6. The number of allylic oxidation sites excluding steroid dienone is 2. The fourth-order valence-corrected chi connectivity index (χ4v) is 1.05. The lowest BCUT2D eigenvalue weighted by Gasteiger charge is -1.93. The Hall–Kier alpha value is -2.88. The Morgan fingerprint density at radius 2 is 1.76 bits per heavy atom. The van der Waals surface area contributed by atoms with Crippen molar-refractivity contribution < 1.29 is 19.4 Å². The van der Waals surface area contributed by atoms with Crippen molar-refractivity contribution in [2.75, 3.05) is 6.61 Å². The van der Waals surface area contributed by atoms with E-state index in [1.165, 1.54) is 12.2 Å². The summed E-state index contributed by atoms with van der Waals surface area (Å²) in [7, 11) is 0. The van der Waals surface area contributed by atoms with Gasteiger partial charge < -0.3 is 9.84 Å². The molecule has 0 aliphatic rings. The average Bonchev–Trinajstić information content (AvgIpc) is 2.51. The molecule has 1 rings (SSSR count). The molecule has 0 saturated carbocycles. The standard InChI is InChI=1S/C14H14O2.C3H4O2/c1-2-12-16-14(15)11-7-6-10-13-8-4-3-5-9-13;1-2-3(4)5/h2-11H,1,12H2;2H,1H2,(H,4,5). The number of esters is 1. The van der Waals surface area contributed by atoms with E-state index in [0.717, 1.165) is 11.6 Å². The Morgan fingerprint density at radius 3 is 2.29 bits per heavy atom. The summed E-state index contributed by atoms with van der Waals surface area (Å²) in [6.45, 7) is 6.66. The number of aliphatic carboxylic acids is 1. The normalized spacial score (nSPS) is 9.71. The van der Waals surface area contributed by atoms with E-state index < -0.39 is 5.97 Å². The largest absolute Gasteiger partial charge is 0.478 e. The van der Waals surface area contributed by atoms with Crippen LogP contribution in [-0.2, 0) is 14.3 Å². The molecule has 0 aliphatic heterocycles. The van der Waals surface area contributed by atoms with Crippen molar-refractivity contribution in [2.24, 2.45) is 0 Å². The van der Waals surface area contributed by atoms with Gasteiger partial charge in [-0.05, 0) is 5.56 Å². The van der Waals surface area contributed by atoms with Gasteiger partial charge in [0.05, 0.1) is 0 Å². The molecule has 0 aliphatic carbocycles. The molecule has 0 radical (unpaired) electrons. The topological polar surface area (TPSA) is 63.6 Å². The first-order valence-corrected chi connectivity index (χ1v) is 6.13. The van der Waals surface area contributed by atoms with Crippen LogP contribution in [0.5, 0.6) is 0 Å². The smallest absolute Gasteiger partial charge is 0.331 e. The highest BCUT2D eigenvalue weighted by atomic mass is 16.5. The third-order valence-electron chi connectivity index (χ3n) is 1.95. The summed E-state index contributed by atoms with van der Waals surface area (Å²) in [6.07, 6.45) is 9.11. The van der Waals surface area contributed by atoms with Crippen molar-refractivity contribution in [3.8, 4) is 0 Å². The minimum atomic E-state index is -0.981. The molecule has 0 aromatic heterocycles. The van der Waals surface area contributed by atoms with Gasteiger partial charge in [0, 0.05) is 12.2 Å². The Balaban J connectivity index is 0.000000690. The molecule has 21 heavy (non-hydrogen) atoms. The van der Waals surface area contributed by atoms with Crippen LogP contribution in [0.25, 0.3) is 6.08 Å². The molecule has 0 fully saturated rings. The predicted octanol–water partition coefficient (Wildman–Crippen LogP) is 3.24. The summed E-state index contributed by atoms with van der Waals surface area (Å²) in [5.74, 6) is -1.34. The summed E-state index contributed by atoms with van der Waals surface area (Å²) in [4.78, 5) is 20.3. The molecule has 4 nitrogen and oxygen atoms in total. The molecule has 0 spiro atoms. The van der Waals surface area contributed by atoms with Crippen LogP contribution in [-0.4, -0.2) is 23.7 Å². The molecule has 0 heterocycles. The molecular weight excluding hydrogens is 268 g/mol. The van der Waals surface area contributed by atoms with Gasteiger partial charge in [0.15, 0.2) is 0 Å². The summed E-state index contributed by atoms with van der Waals surface area (Å²) in [5, 5.41) is 7.60. The Kier molecular flexibility index (Phi) is 10.5. The summed E-state index contributed by atoms with van der Waals surface area (Å²) in [5.41, 5.74) is 1.09. The van der Waals surface area contributed by atoms with Crippen LogP contribution in [0.2, 0.25) is 0 Å². The highest BCUT2D eigenvalue weighted by Gasteiger charge is 1.90. The van der Waals surface area contributed by atoms with Gasteiger partial charge in [-0.15, -0.1) is 0 Å². The number of carboxylic acid groups (broad SMARTS) is 1. The second-order valence-electron chi connectivity index (χ2n) is 3.59. The van der Waals surface area contributed by atoms with Crippen LogP contribution in [0.15, 0.2) is 73.9 Å². The summed E-state index contributed by atoms with van der Waals surface area (Å²) >= 11 is 0. The number of carboxylic acids is 1. The van der Waals surface area contributed by atoms with Crippen molar-refractivity contribution in [3.05, 3.63) is 79.4 Å². The SMILES string of the molecule is C=CC(=O)O.C=CCOC(=O)C=CC=Cc1ccccc1. The van der Waals surface area contributed by atoms with Gasteiger partial charge in [-0.25, -0.2) is 9.59 Å². The summed E-state index contributed by atoms with van der Waals surface area (Å²) < 4.78 is 4.77. The van der Waals surface area contributed by atoms with Gasteiger partial charge in [0.2, 0.25) is 0 Å². The lowest BCUT2D eigenvalue weighted by molar-refractivity contribution is -0.136. The quantitative estimate of drug-likeness (QED) is 0.377. The van der Waals surface area contributed by atoms with E-state index in [0.29, 0.717) is 0 Å². The van der Waals surface area contributed by atoms with Gasteiger partial charge in [0.1, 0.15) is 6.61 Å². The predicted molar refractivity (Wildman–Crippen MR) is 83.6 cm³/mol. The number of carbonyl (C=O) groups excluding carboxylic acids is 1. The lowest BCUT2D eigenvalue weighted by atomic mass is 10.2. The van der Waals surface area contributed by atoms with Crippen LogP contribution in [0.3, 0.4) is 0 Å². The van der Waals surface area contributed by atoms with Gasteiger partial charge in [0.25, 0.3) is 0 Å². The average molecular weight is 286 g/mol. The molecule has 0 atom stereocenters. The molecule has 0 bridgehead atoms. The van der Waals surface area contributed by atoms with E-state index in [4.69, 9.17) is 9.84 Å². The fraction of sp³-hybridized carbons (Fsp3) is 0.0588. The molecule has 1 N–H and O–H groups in total. The highest BCUT2D eigenvalue weighted by Crippen LogP contribution is 2.00. The first-order valence-electron chi connectivity index (χ1n) is 6.13. The van der Waals surface area contributed by atoms with Crippen LogP contribution in [0, 0.1) is 0 Å². The molecule has 110 valence electrons. The minimum absolute atomic E-state index is 0.242. The first kappa shape index (κ1) is 18.1. The molecule has 0 saturated heterocycles. The zero-order chi connectivity index (χ0) is 15.9. The zero-order valence-electron chi connectivity index (χ0n) is 11.6. The van der Waals surface area contributed by atoms with E-state index in [1.807, 2.05) is 36.4 Å².